The second kappa shape index (κ2) is 8.09. The van der Waals surface area contributed by atoms with E-state index >= 15 is 0 Å². The number of nitrogens with one attached hydrogen (secondary N) is 2. The lowest BCUT2D eigenvalue weighted by Gasteiger charge is -2.09. The zero-order chi connectivity index (χ0) is 20.4. The minimum Gasteiger partial charge on any atom is -0.506 e. The molecule has 3 N–H and O–H groups in total. The third-order valence-corrected chi connectivity index (χ3v) is 4.72. The van der Waals surface area contributed by atoms with Crippen LogP contribution in [0.2, 0.25) is 0 Å². The molecular formula is C17H10Br2FN7O2. The summed E-state index contributed by atoms with van der Waals surface area (Å²) < 4.78 is 19.1. The molecule has 2 aromatic heterocycles. The van der Waals surface area contributed by atoms with E-state index in [0.717, 1.165) is 4.47 Å². The van der Waals surface area contributed by atoms with E-state index < -0.39 is 0 Å². The van der Waals surface area contributed by atoms with Gasteiger partial charge in [0.2, 0.25) is 11.3 Å². The summed E-state index contributed by atoms with van der Waals surface area (Å²) in [6.07, 6.45) is 1.42. The molecule has 0 unspecified atom stereocenters. The highest BCUT2D eigenvalue weighted by atomic mass is 79.9. The van der Waals surface area contributed by atoms with Crippen molar-refractivity contribution in [1.82, 2.24) is 20.3 Å². The maximum Gasteiger partial charge on any atom is 0.245 e. The summed E-state index contributed by atoms with van der Waals surface area (Å²) in [4.78, 5) is 8.55. The zero-order valence-electron chi connectivity index (χ0n) is 14.3. The van der Waals surface area contributed by atoms with Gasteiger partial charge >= 0.3 is 0 Å². The van der Waals surface area contributed by atoms with Gasteiger partial charge in [0.15, 0.2) is 11.6 Å². The van der Waals surface area contributed by atoms with Crippen LogP contribution in [0, 0.1) is 5.82 Å². The molecule has 9 nitrogen and oxygen atoms in total. The summed E-state index contributed by atoms with van der Waals surface area (Å²) in [7, 11) is 0. The lowest BCUT2D eigenvalue weighted by atomic mass is 10.2. The Bertz CT molecular complexity index is 1210. The molecule has 0 saturated carbocycles. The third kappa shape index (κ3) is 4.32. The Balaban J connectivity index is 1.64. The normalized spacial score (nSPS) is 11.3. The van der Waals surface area contributed by atoms with Crippen molar-refractivity contribution in [1.29, 1.82) is 0 Å². The van der Waals surface area contributed by atoms with E-state index in [1.165, 1.54) is 18.3 Å². The van der Waals surface area contributed by atoms with Gasteiger partial charge in [0.25, 0.3) is 0 Å². The second-order valence-corrected chi connectivity index (χ2v) is 7.43. The number of halogens is 3. The van der Waals surface area contributed by atoms with Crippen molar-refractivity contribution in [3.8, 4) is 5.75 Å². The molecule has 12 heteroatoms. The topological polar surface area (TPSA) is 121 Å². The van der Waals surface area contributed by atoms with Gasteiger partial charge in [-0.1, -0.05) is 15.9 Å². The first kappa shape index (κ1) is 19.2. The quantitative estimate of drug-likeness (QED) is 0.257. The second-order valence-electron chi connectivity index (χ2n) is 5.66. The van der Waals surface area contributed by atoms with Crippen molar-refractivity contribution < 1.29 is 14.1 Å². The first-order valence-electron chi connectivity index (χ1n) is 7.99. The lowest BCUT2D eigenvalue weighted by Crippen LogP contribution is -2.03. The Labute approximate surface area is 179 Å². The standard InChI is InChI=1S/C17H10Br2FN7O2/c18-9-5-8(13(28)12(19)6-9)7-21-25-15-14(22-11-3-1-10(20)2-4-11)23-16-17(24-15)27-29-26-16/h1-7,28H,(H,22,23,26)(H,24,25,27). The number of hydrogen-bond donors (Lipinski definition) is 3. The molecule has 0 aliphatic rings. The van der Waals surface area contributed by atoms with Gasteiger partial charge in [-0.2, -0.15) is 10.1 Å². The summed E-state index contributed by atoms with van der Waals surface area (Å²) in [5.74, 6) is 0.172. The fraction of sp³-hybridized carbons (Fsp3) is 0. The largest absolute Gasteiger partial charge is 0.506 e. The number of phenolic OH excluding ortho intramolecular Hbond substituents is 1. The van der Waals surface area contributed by atoms with Gasteiger partial charge < -0.3 is 10.4 Å². The maximum absolute atomic E-state index is 13.1. The molecule has 0 aliphatic carbocycles. The van der Waals surface area contributed by atoms with Gasteiger partial charge in [0, 0.05) is 15.7 Å². The van der Waals surface area contributed by atoms with Gasteiger partial charge in [0.1, 0.15) is 11.6 Å². The molecule has 4 aromatic rings. The highest BCUT2D eigenvalue weighted by molar-refractivity contribution is 9.11. The van der Waals surface area contributed by atoms with E-state index in [0.29, 0.717) is 15.7 Å². The van der Waals surface area contributed by atoms with Crippen LogP contribution in [0.15, 0.2) is 55.1 Å². The van der Waals surface area contributed by atoms with Gasteiger partial charge in [-0.3, -0.25) is 5.43 Å². The Morgan fingerprint density at radius 3 is 2.45 bits per heavy atom. The average Bonchev–Trinajstić information content (AvgIpc) is 3.14. The highest BCUT2D eigenvalue weighted by Gasteiger charge is 2.13. The molecule has 0 atom stereocenters. The zero-order valence-corrected chi connectivity index (χ0v) is 17.4. The smallest absolute Gasteiger partial charge is 0.245 e. The Kier molecular flexibility index (Phi) is 5.36. The van der Waals surface area contributed by atoms with E-state index in [1.54, 1.807) is 24.3 Å². The Morgan fingerprint density at radius 2 is 1.72 bits per heavy atom. The maximum atomic E-state index is 13.1. The number of anilines is 3. The van der Waals surface area contributed by atoms with Crippen LogP contribution >= 0.6 is 31.9 Å². The number of hydrazone groups is 1. The predicted molar refractivity (Wildman–Crippen MR) is 112 cm³/mol. The molecule has 0 fully saturated rings. The van der Waals surface area contributed by atoms with E-state index in [-0.39, 0.29) is 34.5 Å². The van der Waals surface area contributed by atoms with Crippen molar-refractivity contribution in [2.75, 3.05) is 10.7 Å². The van der Waals surface area contributed by atoms with Crippen LogP contribution in [0.1, 0.15) is 5.56 Å². The van der Waals surface area contributed by atoms with Crippen LogP contribution < -0.4 is 10.7 Å². The first-order valence-corrected chi connectivity index (χ1v) is 9.58. The summed E-state index contributed by atoms with van der Waals surface area (Å²) >= 11 is 6.62. The van der Waals surface area contributed by atoms with Crippen molar-refractivity contribution in [2.45, 2.75) is 0 Å². The van der Waals surface area contributed by atoms with Crippen LogP contribution in [0.3, 0.4) is 0 Å². The van der Waals surface area contributed by atoms with Crippen molar-refractivity contribution >= 4 is 66.7 Å². The summed E-state index contributed by atoms with van der Waals surface area (Å²) in [6.45, 7) is 0. The van der Waals surface area contributed by atoms with Crippen LogP contribution in [-0.4, -0.2) is 31.6 Å². The van der Waals surface area contributed by atoms with Crippen LogP contribution in [0.4, 0.5) is 21.7 Å². The van der Waals surface area contributed by atoms with Gasteiger partial charge in [-0.15, -0.1) is 0 Å². The van der Waals surface area contributed by atoms with Crippen molar-refractivity contribution in [3.05, 3.63) is 56.7 Å². The number of aromatic hydroxyl groups is 1. The Hall–Kier alpha value is -3.12. The Morgan fingerprint density at radius 1 is 1.03 bits per heavy atom. The fourth-order valence-corrected chi connectivity index (χ4v) is 3.58. The summed E-state index contributed by atoms with van der Waals surface area (Å²) in [6, 6.07) is 9.12. The molecule has 4 rings (SSSR count). The van der Waals surface area contributed by atoms with Crippen molar-refractivity contribution in [2.24, 2.45) is 5.10 Å². The molecule has 0 radical (unpaired) electrons. The number of aromatic nitrogens is 4. The average molecular weight is 523 g/mol. The van der Waals surface area contributed by atoms with Crippen molar-refractivity contribution in [3.63, 3.8) is 0 Å². The van der Waals surface area contributed by atoms with Gasteiger partial charge in [-0.05, 0) is 62.6 Å². The van der Waals surface area contributed by atoms with Crippen LogP contribution in [-0.2, 0) is 0 Å². The molecule has 29 heavy (non-hydrogen) atoms. The molecule has 0 amide bonds. The summed E-state index contributed by atoms with van der Waals surface area (Å²) in [5.41, 5.74) is 4.17. The molecule has 2 aromatic carbocycles. The highest BCUT2D eigenvalue weighted by Crippen LogP contribution is 2.31. The van der Waals surface area contributed by atoms with E-state index in [4.69, 9.17) is 0 Å². The number of rotatable bonds is 5. The van der Waals surface area contributed by atoms with E-state index in [2.05, 4.69) is 72.6 Å². The predicted octanol–water partition coefficient (Wildman–Crippen LogP) is 4.57. The SMILES string of the molecule is Oc1c(Br)cc(Br)cc1C=NNc1nc2nonc2nc1Nc1ccc(F)cc1. The molecule has 0 saturated heterocycles. The van der Waals surface area contributed by atoms with Crippen LogP contribution in [0.5, 0.6) is 5.75 Å². The minimum atomic E-state index is -0.360. The minimum absolute atomic E-state index is 0.0330. The monoisotopic (exact) mass is 521 g/mol. The number of hydrogen-bond acceptors (Lipinski definition) is 9. The number of nitrogens with zero attached hydrogens (tertiary/aromatic N) is 5. The first-order chi connectivity index (χ1) is 14.0. The number of phenols is 1. The van der Waals surface area contributed by atoms with Gasteiger partial charge in [0.05, 0.1) is 10.7 Å². The third-order valence-electron chi connectivity index (χ3n) is 3.65. The molecule has 0 bridgehead atoms. The summed E-state index contributed by atoms with van der Waals surface area (Å²) in [5, 5.41) is 24.6. The van der Waals surface area contributed by atoms with Gasteiger partial charge in [-0.25, -0.2) is 14.0 Å². The van der Waals surface area contributed by atoms with E-state index in [1.807, 2.05) is 0 Å². The molecule has 0 spiro atoms. The lowest BCUT2D eigenvalue weighted by molar-refractivity contribution is 0.314. The number of fused-ring (bicyclic) bond motifs is 1. The number of benzene rings is 2. The molecular weight excluding hydrogens is 513 g/mol. The molecule has 0 aliphatic heterocycles. The molecule has 146 valence electrons. The van der Waals surface area contributed by atoms with Crippen LogP contribution in [0.25, 0.3) is 11.3 Å². The fourth-order valence-electron chi connectivity index (χ4n) is 2.32. The molecule has 2 heterocycles. The van der Waals surface area contributed by atoms with E-state index in [9.17, 15) is 9.50 Å².